The fourth-order valence-electron chi connectivity index (χ4n) is 1.07. The van der Waals surface area contributed by atoms with Crippen molar-refractivity contribution < 1.29 is 5.11 Å². The van der Waals surface area contributed by atoms with Gasteiger partial charge in [-0.15, -0.1) is 0 Å². The van der Waals surface area contributed by atoms with Crippen LogP contribution < -0.4 is 5.32 Å². The molecule has 1 atom stereocenters. The molecule has 0 radical (unpaired) electrons. The third kappa shape index (κ3) is 4.87. The third-order valence-electron chi connectivity index (χ3n) is 2.44. The summed E-state index contributed by atoms with van der Waals surface area (Å²) in [7, 11) is 0. The molecule has 0 bridgehead atoms. The second-order valence-corrected chi connectivity index (χ2v) is 3.59. The highest BCUT2D eigenvalue weighted by Crippen LogP contribution is 2.12. The van der Waals surface area contributed by atoms with Crippen molar-refractivity contribution >= 4 is 0 Å². The molecule has 3 heteroatoms. The summed E-state index contributed by atoms with van der Waals surface area (Å²) in [4.78, 5) is 0. The Kier molecular flexibility index (Phi) is 5.68. The van der Waals surface area contributed by atoms with Gasteiger partial charge in [0.15, 0.2) is 0 Å². The van der Waals surface area contributed by atoms with Crippen LogP contribution in [0.5, 0.6) is 0 Å². The quantitative estimate of drug-likeness (QED) is 0.654. The second-order valence-electron chi connectivity index (χ2n) is 3.59. The van der Waals surface area contributed by atoms with E-state index < -0.39 is 5.60 Å². The number of rotatable bonds is 6. The van der Waals surface area contributed by atoms with Crippen LogP contribution >= 0.6 is 0 Å². The fraction of sp³-hybridized carbons (Fsp3) is 0.900. The number of nitrogens with zero attached hydrogens (tertiary/aromatic N) is 1. The molecule has 0 aliphatic rings. The van der Waals surface area contributed by atoms with Crippen molar-refractivity contribution in [3.05, 3.63) is 0 Å². The van der Waals surface area contributed by atoms with E-state index in [0.717, 1.165) is 12.8 Å². The monoisotopic (exact) mass is 184 g/mol. The van der Waals surface area contributed by atoms with Crippen LogP contribution in [-0.4, -0.2) is 23.8 Å². The molecule has 0 saturated carbocycles. The maximum Gasteiger partial charge on any atom is 0.0766 e. The van der Waals surface area contributed by atoms with Gasteiger partial charge in [-0.25, -0.2) is 0 Å². The van der Waals surface area contributed by atoms with E-state index in [9.17, 15) is 5.11 Å². The topological polar surface area (TPSA) is 56.0 Å². The molecule has 0 aliphatic carbocycles. The summed E-state index contributed by atoms with van der Waals surface area (Å²) < 4.78 is 0. The smallest absolute Gasteiger partial charge is 0.0766 e. The molecule has 0 aromatic heterocycles. The van der Waals surface area contributed by atoms with Crippen molar-refractivity contribution in [1.29, 1.82) is 5.26 Å². The van der Waals surface area contributed by atoms with Gasteiger partial charge in [-0.2, -0.15) is 5.26 Å². The van der Waals surface area contributed by atoms with E-state index in [-0.39, 0.29) is 5.92 Å². The van der Waals surface area contributed by atoms with Crippen LogP contribution in [0.25, 0.3) is 0 Å². The van der Waals surface area contributed by atoms with Gasteiger partial charge in [0, 0.05) is 13.1 Å². The molecule has 2 N–H and O–H groups in total. The third-order valence-corrected chi connectivity index (χ3v) is 2.44. The van der Waals surface area contributed by atoms with Gasteiger partial charge < -0.3 is 10.4 Å². The number of nitriles is 1. The SMILES string of the molecule is CCC(O)(CC)CNCC(C)C#N. The highest BCUT2D eigenvalue weighted by molar-refractivity contribution is 4.83. The Labute approximate surface area is 80.8 Å². The van der Waals surface area contributed by atoms with Crippen LogP contribution in [0.4, 0.5) is 0 Å². The minimum atomic E-state index is -0.602. The number of aliphatic hydroxyl groups is 1. The van der Waals surface area contributed by atoms with Crippen LogP contribution in [0.15, 0.2) is 0 Å². The summed E-state index contributed by atoms with van der Waals surface area (Å²) in [5.74, 6) is 0.0120. The Morgan fingerprint density at radius 1 is 1.46 bits per heavy atom. The molecule has 13 heavy (non-hydrogen) atoms. The highest BCUT2D eigenvalue weighted by Gasteiger charge is 2.21. The normalized spacial score (nSPS) is 13.8. The number of hydrogen-bond acceptors (Lipinski definition) is 3. The minimum Gasteiger partial charge on any atom is -0.389 e. The van der Waals surface area contributed by atoms with Gasteiger partial charge >= 0.3 is 0 Å². The van der Waals surface area contributed by atoms with Gasteiger partial charge in [-0.05, 0) is 19.8 Å². The Hall–Kier alpha value is -0.590. The molecule has 0 heterocycles. The van der Waals surface area contributed by atoms with E-state index in [2.05, 4.69) is 11.4 Å². The molecule has 3 nitrogen and oxygen atoms in total. The molecule has 0 fully saturated rings. The van der Waals surface area contributed by atoms with Gasteiger partial charge in [0.1, 0.15) is 0 Å². The molecular weight excluding hydrogens is 164 g/mol. The number of hydrogen-bond donors (Lipinski definition) is 2. The predicted octanol–water partition coefficient (Wildman–Crippen LogP) is 1.29. The Morgan fingerprint density at radius 3 is 2.38 bits per heavy atom. The molecule has 0 saturated heterocycles. The lowest BCUT2D eigenvalue weighted by atomic mass is 9.97. The standard InChI is InChI=1S/C10H20N2O/c1-4-10(13,5-2)8-12-7-9(3)6-11/h9,12-13H,4-5,7-8H2,1-3H3. The second kappa shape index (κ2) is 5.95. The first-order valence-electron chi connectivity index (χ1n) is 4.90. The van der Waals surface area contributed by atoms with E-state index in [1.54, 1.807) is 0 Å². The van der Waals surface area contributed by atoms with Crippen molar-refractivity contribution in [2.45, 2.75) is 39.2 Å². The molecule has 0 rings (SSSR count). The van der Waals surface area contributed by atoms with E-state index in [1.165, 1.54) is 0 Å². The van der Waals surface area contributed by atoms with E-state index in [4.69, 9.17) is 5.26 Å². The molecule has 0 aromatic rings. The van der Waals surface area contributed by atoms with Crippen LogP contribution in [0.1, 0.15) is 33.6 Å². The summed E-state index contributed by atoms with van der Waals surface area (Å²) in [6.45, 7) is 7.03. The van der Waals surface area contributed by atoms with Crippen molar-refractivity contribution in [2.75, 3.05) is 13.1 Å². The molecule has 1 unspecified atom stereocenters. The van der Waals surface area contributed by atoms with Gasteiger partial charge in [0.2, 0.25) is 0 Å². The molecule has 76 valence electrons. The van der Waals surface area contributed by atoms with Crippen molar-refractivity contribution in [1.82, 2.24) is 5.32 Å². The van der Waals surface area contributed by atoms with Gasteiger partial charge in [-0.3, -0.25) is 0 Å². The molecule has 0 spiro atoms. The van der Waals surface area contributed by atoms with Crippen LogP contribution in [0, 0.1) is 17.2 Å². The fourth-order valence-corrected chi connectivity index (χ4v) is 1.07. The summed E-state index contributed by atoms with van der Waals surface area (Å²) in [6, 6.07) is 2.14. The molecule has 0 aliphatic heterocycles. The Balaban J connectivity index is 3.69. The molecular formula is C10H20N2O. The summed E-state index contributed by atoms with van der Waals surface area (Å²) in [6.07, 6.45) is 1.49. The first kappa shape index (κ1) is 12.4. The van der Waals surface area contributed by atoms with Crippen molar-refractivity contribution in [2.24, 2.45) is 5.92 Å². The van der Waals surface area contributed by atoms with E-state index in [0.29, 0.717) is 13.1 Å². The van der Waals surface area contributed by atoms with Crippen LogP contribution in [-0.2, 0) is 0 Å². The maximum absolute atomic E-state index is 9.87. The lowest BCUT2D eigenvalue weighted by Gasteiger charge is -2.25. The van der Waals surface area contributed by atoms with Crippen molar-refractivity contribution in [3.8, 4) is 6.07 Å². The van der Waals surface area contributed by atoms with E-state index in [1.807, 2.05) is 20.8 Å². The minimum absolute atomic E-state index is 0.0120. The predicted molar refractivity (Wildman–Crippen MR) is 53.2 cm³/mol. The van der Waals surface area contributed by atoms with Crippen LogP contribution in [0.2, 0.25) is 0 Å². The zero-order chi connectivity index (χ0) is 10.3. The Morgan fingerprint density at radius 2 is 2.00 bits per heavy atom. The Bertz CT molecular complexity index is 170. The zero-order valence-corrected chi connectivity index (χ0v) is 8.80. The van der Waals surface area contributed by atoms with Gasteiger partial charge in [0.25, 0.3) is 0 Å². The zero-order valence-electron chi connectivity index (χ0n) is 8.80. The summed E-state index contributed by atoms with van der Waals surface area (Å²) in [5, 5.41) is 21.5. The average molecular weight is 184 g/mol. The largest absolute Gasteiger partial charge is 0.389 e. The van der Waals surface area contributed by atoms with Gasteiger partial charge in [-0.1, -0.05) is 13.8 Å². The molecule has 0 amide bonds. The maximum atomic E-state index is 9.87. The van der Waals surface area contributed by atoms with Gasteiger partial charge in [0.05, 0.1) is 17.6 Å². The lowest BCUT2D eigenvalue weighted by molar-refractivity contribution is 0.0323. The van der Waals surface area contributed by atoms with E-state index >= 15 is 0 Å². The lowest BCUT2D eigenvalue weighted by Crippen LogP contribution is -2.40. The molecule has 0 aromatic carbocycles. The first-order valence-corrected chi connectivity index (χ1v) is 4.90. The van der Waals surface area contributed by atoms with Crippen LogP contribution in [0.3, 0.4) is 0 Å². The average Bonchev–Trinajstić information content (AvgIpc) is 2.17. The first-order chi connectivity index (χ1) is 6.08. The summed E-state index contributed by atoms with van der Waals surface area (Å²) in [5.41, 5.74) is -0.602. The summed E-state index contributed by atoms with van der Waals surface area (Å²) >= 11 is 0. The number of nitrogens with one attached hydrogen (secondary N) is 1. The van der Waals surface area contributed by atoms with Crippen molar-refractivity contribution in [3.63, 3.8) is 0 Å². The highest BCUT2D eigenvalue weighted by atomic mass is 16.3.